The van der Waals surface area contributed by atoms with E-state index >= 15 is 0 Å². The highest BCUT2D eigenvalue weighted by atomic mass is 127. The van der Waals surface area contributed by atoms with Crippen molar-refractivity contribution in [1.29, 1.82) is 0 Å². The number of amides is 1. The van der Waals surface area contributed by atoms with Crippen molar-refractivity contribution in [2.24, 2.45) is 4.99 Å². The fourth-order valence-electron chi connectivity index (χ4n) is 3.75. The lowest BCUT2D eigenvalue weighted by Gasteiger charge is -2.18. The van der Waals surface area contributed by atoms with Crippen molar-refractivity contribution in [2.75, 3.05) is 26.7 Å². The van der Waals surface area contributed by atoms with Gasteiger partial charge in [-0.3, -0.25) is 14.4 Å². The van der Waals surface area contributed by atoms with Gasteiger partial charge in [0.05, 0.1) is 0 Å². The number of hydrogen-bond donors (Lipinski definition) is 2. The number of aryl methyl sites for hydroxylation is 2. The average Bonchev–Trinajstić information content (AvgIpc) is 3.28. The quantitative estimate of drug-likeness (QED) is 0.255. The van der Waals surface area contributed by atoms with Crippen LogP contribution in [-0.2, 0) is 24.3 Å². The van der Waals surface area contributed by atoms with Crippen molar-refractivity contribution in [1.82, 2.24) is 29.9 Å². The molecule has 0 spiro atoms. The topological polar surface area (TPSA) is 96.6 Å². The first-order valence-corrected chi connectivity index (χ1v) is 10.0. The van der Waals surface area contributed by atoms with E-state index in [0.29, 0.717) is 19.5 Å². The Morgan fingerprint density at radius 3 is 2.86 bits per heavy atom. The summed E-state index contributed by atoms with van der Waals surface area (Å²) in [5.41, 5.74) is 0.0128. The Kier molecular flexibility index (Phi) is 8.77. The van der Waals surface area contributed by atoms with Gasteiger partial charge in [0.25, 0.3) is 0 Å². The Morgan fingerprint density at radius 1 is 1.32 bits per heavy atom. The van der Waals surface area contributed by atoms with E-state index < -0.39 is 0 Å². The first kappa shape index (κ1) is 22.7. The summed E-state index contributed by atoms with van der Waals surface area (Å²) < 4.78 is 3.39. The van der Waals surface area contributed by atoms with Crippen LogP contribution < -0.4 is 16.3 Å². The number of rotatable bonds is 6. The largest absolute Gasteiger partial charge is 0.356 e. The zero-order valence-electron chi connectivity index (χ0n) is 16.8. The maximum absolute atomic E-state index is 12.3. The molecule has 9 nitrogen and oxygen atoms in total. The fourth-order valence-corrected chi connectivity index (χ4v) is 3.75. The normalized spacial score (nSPS) is 19.1. The van der Waals surface area contributed by atoms with Gasteiger partial charge in [-0.1, -0.05) is 6.92 Å². The van der Waals surface area contributed by atoms with Crippen LogP contribution in [0.2, 0.25) is 0 Å². The van der Waals surface area contributed by atoms with Gasteiger partial charge in [-0.2, -0.15) is 5.10 Å². The van der Waals surface area contributed by atoms with Crippen molar-refractivity contribution < 1.29 is 4.79 Å². The number of carbonyl (C=O) groups excluding carboxylic acids is 1. The lowest BCUT2D eigenvalue weighted by Crippen LogP contribution is -2.45. The van der Waals surface area contributed by atoms with Gasteiger partial charge in [0.2, 0.25) is 5.91 Å². The number of halogens is 1. The SMILES string of the molecule is CCC(=O)N1CCC(NC(=NC)NCCCn2nc3n(c2=O)CCCC3)C1.I. The van der Waals surface area contributed by atoms with Crippen molar-refractivity contribution in [3.63, 3.8) is 0 Å². The van der Waals surface area contributed by atoms with Crippen LogP contribution in [0.3, 0.4) is 0 Å². The van der Waals surface area contributed by atoms with E-state index in [1.165, 1.54) is 0 Å². The van der Waals surface area contributed by atoms with Gasteiger partial charge in [-0.05, 0) is 25.7 Å². The maximum Gasteiger partial charge on any atom is 0.345 e. The molecule has 1 unspecified atom stereocenters. The number of fused-ring (bicyclic) bond motifs is 1. The minimum Gasteiger partial charge on any atom is -0.356 e. The Hall–Kier alpha value is -1.59. The summed E-state index contributed by atoms with van der Waals surface area (Å²) in [6.45, 7) is 5.52. The van der Waals surface area contributed by atoms with Crippen molar-refractivity contribution >= 4 is 35.8 Å². The molecule has 2 aliphatic heterocycles. The Labute approximate surface area is 183 Å². The van der Waals surface area contributed by atoms with Crippen LogP contribution in [0.4, 0.5) is 0 Å². The van der Waals surface area contributed by atoms with Gasteiger partial charge in [0, 0.05) is 58.7 Å². The second-order valence-corrected chi connectivity index (χ2v) is 7.21. The molecule has 3 heterocycles. The van der Waals surface area contributed by atoms with E-state index in [9.17, 15) is 9.59 Å². The van der Waals surface area contributed by atoms with Gasteiger partial charge in [0.1, 0.15) is 5.82 Å². The number of likely N-dealkylation sites (tertiary alicyclic amines) is 1. The molecule has 28 heavy (non-hydrogen) atoms. The molecule has 1 aromatic heterocycles. The standard InChI is InChI=1S/C18H31N7O2.HI/c1-3-16(26)23-12-8-14(13-23)21-17(19-2)20-9-6-11-25-18(27)24-10-5-4-7-15(24)22-25;/h14H,3-13H2,1-2H3,(H2,19,20,21);1H. The molecule has 1 fully saturated rings. The number of guanidine groups is 1. The summed E-state index contributed by atoms with van der Waals surface area (Å²) in [5, 5.41) is 11.1. The smallest absolute Gasteiger partial charge is 0.345 e. The molecular formula is C18H32IN7O2. The third-order valence-corrected chi connectivity index (χ3v) is 5.28. The molecule has 0 radical (unpaired) electrons. The van der Waals surface area contributed by atoms with E-state index in [2.05, 4.69) is 20.7 Å². The zero-order valence-corrected chi connectivity index (χ0v) is 19.1. The summed E-state index contributed by atoms with van der Waals surface area (Å²) in [6, 6.07) is 0.231. The molecule has 10 heteroatoms. The molecule has 1 aromatic rings. The van der Waals surface area contributed by atoms with Gasteiger partial charge in [-0.25, -0.2) is 9.48 Å². The number of nitrogens with one attached hydrogen (secondary N) is 2. The van der Waals surface area contributed by atoms with Gasteiger partial charge in [-0.15, -0.1) is 24.0 Å². The lowest BCUT2D eigenvalue weighted by molar-refractivity contribution is -0.129. The third kappa shape index (κ3) is 5.48. The zero-order chi connectivity index (χ0) is 19.2. The number of nitrogens with zero attached hydrogens (tertiary/aromatic N) is 5. The molecule has 0 aromatic carbocycles. The molecule has 3 rings (SSSR count). The highest BCUT2D eigenvalue weighted by Gasteiger charge is 2.25. The highest BCUT2D eigenvalue weighted by Crippen LogP contribution is 2.10. The summed E-state index contributed by atoms with van der Waals surface area (Å²) in [7, 11) is 1.74. The maximum atomic E-state index is 12.3. The van der Waals surface area contributed by atoms with E-state index in [0.717, 1.165) is 63.5 Å². The lowest BCUT2D eigenvalue weighted by atomic mass is 10.2. The third-order valence-electron chi connectivity index (χ3n) is 5.28. The number of hydrogen-bond acceptors (Lipinski definition) is 4. The molecule has 0 aliphatic carbocycles. The van der Waals surface area contributed by atoms with E-state index in [-0.39, 0.29) is 41.6 Å². The van der Waals surface area contributed by atoms with Crippen LogP contribution in [0.25, 0.3) is 0 Å². The monoisotopic (exact) mass is 505 g/mol. The molecule has 2 N–H and O–H groups in total. The van der Waals surface area contributed by atoms with Crippen molar-refractivity contribution in [2.45, 2.75) is 64.6 Å². The van der Waals surface area contributed by atoms with E-state index in [4.69, 9.17) is 0 Å². The minimum absolute atomic E-state index is 0. The summed E-state index contributed by atoms with van der Waals surface area (Å²) in [6.07, 6.45) is 5.35. The number of aromatic nitrogens is 3. The second-order valence-electron chi connectivity index (χ2n) is 7.21. The van der Waals surface area contributed by atoms with Gasteiger partial charge in [0.15, 0.2) is 5.96 Å². The Balaban J connectivity index is 0.00000280. The first-order valence-electron chi connectivity index (χ1n) is 10.0. The molecule has 1 atom stereocenters. The van der Waals surface area contributed by atoms with Crippen LogP contribution in [0.5, 0.6) is 0 Å². The van der Waals surface area contributed by atoms with Gasteiger partial charge >= 0.3 is 5.69 Å². The average molecular weight is 505 g/mol. The van der Waals surface area contributed by atoms with E-state index in [1.54, 1.807) is 16.3 Å². The first-order chi connectivity index (χ1) is 13.1. The predicted octanol–water partition coefficient (Wildman–Crippen LogP) is 0.565. The van der Waals surface area contributed by atoms with Crippen LogP contribution >= 0.6 is 24.0 Å². The molecule has 0 bridgehead atoms. The minimum atomic E-state index is 0. The van der Waals surface area contributed by atoms with Crippen LogP contribution in [0.1, 0.15) is 44.9 Å². The van der Waals surface area contributed by atoms with Crippen molar-refractivity contribution in [3.8, 4) is 0 Å². The highest BCUT2D eigenvalue weighted by molar-refractivity contribution is 14.0. The van der Waals surface area contributed by atoms with Crippen LogP contribution in [0.15, 0.2) is 9.79 Å². The van der Waals surface area contributed by atoms with Crippen molar-refractivity contribution in [3.05, 3.63) is 16.3 Å². The molecule has 0 saturated carbocycles. The summed E-state index contributed by atoms with van der Waals surface area (Å²) in [4.78, 5) is 30.3. The van der Waals surface area contributed by atoms with Crippen LogP contribution in [0, 0.1) is 0 Å². The summed E-state index contributed by atoms with van der Waals surface area (Å²) in [5.74, 6) is 1.86. The molecule has 1 saturated heterocycles. The van der Waals surface area contributed by atoms with E-state index in [1.807, 2.05) is 11.8 Å². The number of carbonyl (C=O) groups is 1. The molecular weight excluding hydrogens is 473 g/mol. The fraction of sp³-hybridized carbons (Fsp3) is 0.778. The van der Waals surface area contributed by atoms with Crippen LogP contribution in [-0.4, -0.2) is 63.8 Å². The molecule has 158 valence electrons. The molecule has 1 amide bonds. The Bertz CT molecular complexity index is 743. The second kappa shape index (κ2) is 10.8. The van der Waals surface area contributed by atoms with Gasteiger partial charge < -0.3 is 15.5 Å². The summed E-state index contributed by atoms with van der Waals surface area (Å²) >= 11 is 0. The number of aliphatic imine (C=N–C) groups is 1. The predicted molar refractivity (Wildman–Crippen MR) is 119 cm³/mol. The molecule has 2 aliphatic rings. The Morgan fingerprint density at radius 2 is 2.14 bits per heavy atom.